The highest BCUT2D eigenvalue weighted by molar-refractivity contribution is 6.38. The summed E-state index contributed by atoms with van der Waals surface area (Å²) in [6.07, 6.45) is 0. The maximum Gasteiger partial charge on any atom is 0.161 e. The molecule has 0 amide bonds. The molecule has 0 spiro atoms. The van der Waals surface area contributed by atoms with E-state index in [0.717, 1.165) is 44.3 Å². The van der Waals surface area contributed by atoms with Gasteiger partial charge in [-0.3, -0.25) is 0 Å². The number of fused-ring (bicyclic) bond motifs is 6. The minimum Gasteiger partial charge on any atom is -0.456 e. The van der Waals surface area contributed by atoms with Crippen LogP contribution in [0.25, 0.3) is 87.8 Å². The van der Waals surface area contributed by atoms with E-state index in [2.05, 4.69) is 103 Å². The highest BCUT2D eigenvalue weighted by Crippen LogP contribution is 2.46. The Morgan fingerprint density at radius 1 is 0.436 bits per heavy atom. The van der Waals surface area contributed by atoms with Crippen molar-refractivity contribution >= 4 is 65.2 Å². The number of para-hydroxylation sites is 1. The van der Waals surface area contributed by atoms with Gasteiger partial charge >= 0.3 is 0 Å². The van der Waals surface area contributed by atoms with Crippen molar-refractivity contribution in [3.05, 3.63) is 121 Å². The predicted octanol–water partition coefficient (Wildman–Crippen LogP) is 9.76. The van der Waals surface area contributed by atoms with E-state index in [1.807, 2.05) is 18.2 Å². The number of benzene rings is 7. The zero-order valence-corrected chi connectivity index (χ0v) is 20.8. The van der Waals surface area contributed by atoms with Gasteiger partial charge in [-0.15, -0.1) is 0 Å². The van der Waals surface area contributed by atoms with Gasteiger partial charge in [-0.2, -0.15) is 0 Å². The molecule has 0 fully saturated rings. The molecule has 0 radical (unpaired) electrons. The van der Waals surface area contributed by atoms with Crippen LogP contribution in [0.2, 0.25) is 0 Å². The van der Waals surface area contributed by atoms with Crippen molar-refractivity contribution in [2.45, 2.75) is 0 Å². The molecule has 0 bridgehead atoms. The zero-order chi connectivity index (χ0) is 25.5. The lowest BCUT2D eigenvalue weighted by Gasteiger charge is -2.14. The van der Waals surface area contributed by atoms with Crippen LogP contribution in [0, 0.1) is 0 Å². The molecule has 2 heterocycles. The topological polar surface area (TPSA) is 38.9 Å². The van der Waals surface area contributed by atoms with Crippen molar-refractivity contribution in [1.29, 1.82) is 0 Å². The molecule has 180 valence electrons. The standard InChI is InChI=1S/C36H20N2O/c1-2-10-21(11-3-1)35-27-14-6-7-18-29(27)37-36(38-35)26-17-8-15-25-28(26)20-31-34-32(25)23-13-5-4-12-22(23)24-16-9-19-30(39-31)33(24)34/h1-20H. The SMILES string of the molecule is c1ccc(-c2nc(-c3cccc4c3cc3oc5cccc6c7ccccc7c4c3c56)nc3ccccc23)cc1. The van der Waals surface area contributed by atoms with Crippen molar-refractivity contribution in [1.82, 2.24) is 9.97 Å². The van der Waals surface area contributed by atoms with Crippen LogP contribution in [-0.2, 0) is 0 Å². The molecular formula is C36H20N2O. The zero-order valence-electron chi connectivity index (χ0n) is 20.8. The van der Waals surface area contributed by atoms with Gasteiger partial charge in [0.15, 0.2) is 5.82 Å². The van der Waals surface area contributed by atoms with Gasteiger partial charge in [0, 0.05) is 32.7 Å². The van der Waals surface area contributed by atoms with Gasteiger partial charge in [0.2, 0.25) is 0 Å². The number of aromatic nitrogens is 2. The molecule has 39 heavy (non-hydrogen) atoms. The van der Waals surface area contributed by atoms with Crippen LogP contribution in [0.3, 0.4) is 0 Å². The molecule has 0 aliphatic heterocycles. The summed E-state index contributed by atoms with van der Waals surface area (Å²) < 4.78 is 6.51. The Balaban J connectivity index is 1.45. The van der Waals surface area contributed by atoms with Gasteiger partial charge < -0.3 is 4.42 Å². The molecule has 7 aromatic carbocycles. The highest BCUT2D eigenvalue weighted by atomic mass is 16.3. The molecule has 0 saturated carbocycles. The fourth-order valence-corrected chi connectivity index (χ4v) is 6.37. The third kappa shape index (κ3) is 2.82. The smallest absolute Gasteiger partial charge is 0.161 e. The monoisotopic (exact) mass is 496 g/mol. The predicted molar refractivity (Wildman–Crippen MR) is 161 cm³/mol. The van der Waals surface area contributed by atoms with E-state index >= 15 is 0 Å². The van der Waals surface area contributed by atoms with E-state index in [-0.39, 0.29) is 0 Å². The molecule has 0 unspecified atom stereocenters. The second-order valence-electron chi connectivity index (χ2n) is 10.1. The second kappa shape index (κ2) is 7.62. The number of nitrogens with zero attached hydrogens (tertiary/aromatic N) is 2. The molecule has 9 rings (SSSR count). The Hall–Kier alpha value is -5.28. The summed E-state index contributed by atoms with van der Waals surface area (Å²) >= 11 is 0. The second-order valence-corrected chi connectivity index (χ2v) is 10.1. The van der Waals surface area contributed by atoms with Crippen LogP contribution in [0.4, 0.5) is 0 Å². The Labute approximate surface area is 223 Å². The van der Waals surface area contributed by atoms with Crippen LogP contribution in [0.15, 0.2) is 126 Å². The van der Waals surface area contributed by atoms with E-state index in [4.69, 9.17) is 14.4 Å². The molecule has 0 atom stereocenters. The van der Waals surface area contributed by atoms with Crippen molar-refractivity contribution in [2.24, 2.45) is 0 Å². The fraction of sp³-hybridized carbons (Fsp3) is 0. The largest absolute Gasteiger partial charge is 0.456 e. The maximum absolute atomic E-state index is 6.51. The summed E-state index contributed by atoms with van der Waals surface area (Å²) in [5, 5.41) is 10.6. The van der Waals surface area contributed by atoms with Gasteiger partial charge in [0.05, 0.1) is 11.2 Å². The Morgan fingerprint density at radius 3 is 1.97 bits per heavy atom. The summed E-state index contributed by atoms with van der Waals surface area (Å²) in [6.45, 7) is 0. The molecule has 9 aromatic rings. The molecule has 3 heteroatoms. The molecule has 0 aliphatic rings. The van der Waals surface area contributed by atoms with E-state index in [1.165, 1.54) is 37.7 Å². The van der Waals surface area contributed by atoms with Crippen LogP contribution in [0.5, 0.6) is 0 Å². The van der Waals surface area contributed by atoms with E-state index < -0.39 is 0 Å². The molecule has 0 N–H and O–H groups in total. The lowest BCUT2D eigenvalue weighted by molar-refractivity contribution is 0.670. The fourth-order valence-electron chi connectivity index (χ4n) is 6.37. The summed E-state index contributed by atoms with van der Waals surface area (Å²) in [4.78, 5) is 10.3. The quantitative estimate of drug-likeness (QED) is 0.224. The first-order valence-corrected chi connectivity index (χ1v) is 13.2. The van der Waals surface area contributed by atoms with Crippen molar-refractivity contribution in [3.63, 3.8) is 0 Å². The lowest BCUT2D eigenvalue weighted by atomic mass is 9.90. The van der Waals surface area contributed by atoms with Crippen molar-refractivity contribution in [2.75, 3.05) is 0 Å². The van der Waals surface area contributed by atoms with E-state index in [0.29, 0.717) is 5.82 Å². The average molecular weight is 497 g/mol. The maximum atomic E-state index is 6.51. The highest BCUT2D eigenvalue weighted by Gasteiger charge is 2.21. The molecule has 0 saturated heterocycles. The summed E-state index contributed by atoms with van der Waals surface area (Å²) in [6, 6.07) is 42.3. The van der Waals surface area contributed by atoms with E-state index in [9.17, 15) is 0 Å². The van der Waals surface area contributed by atoms with Crippen LogP contribution in [-0.4, -0.2) is 9.97 Å². The molecule has 0 aliphatic carbocycles. The summed E-state index contributed by atoms with van der Waals surface area (Å²) in [7, 11) is 0. The summed E-state index contributed by atoms with van der Waals surface area (Å²) in [5.74, 6) is 0.714. The van der Waals surface area contributed by atoms with Gasteiger partial charge in [-0.05, 0) is 45.1 Å². The van der Waals surface area contributed by atoms with E-state index in [1.54, 1.807) is 0 Å². The van der Waals surface area contributed by atoms with Gasteiger partial charge in [0.25, 0.3) is 0 Å². The van der Waals surface area contributed by atoms with Gasteiger partial charge in [-0.1, -0.05) is 103 Å². The summed E-state index contributed by atoms with van der Waals surface area (Å²) in [5.41, 5.74) is 5.76. The lowest BCUT2D eigenvalue weighted by Crippen LogP contribution is -1.96. The van der Waals surface area contributed by atoms with Crippen LogP contribution >= 0.6 is 0 Å². The van der Waals surface area contributed by atoms with Crippen LogP contribution < -0.4 is 0 Å². The third-order valence-electron chi connectivity index (χ3n) is 8.02. The average Bonchev–Trinajstić information content (AvgIpc) is 3.38. The molecule has 2 aromatic heterocycles. The minimum absolute atomic E-state index is 0.714. The first-order valence-electron chi connectivity index (χ1n) is 13.2. The first kappa shape index (κ1) is 20.7. The van der Waals surface area contributed by atoms with Gasteiger partial charge in [0.1, 0.15) is 11.2 Å². The Bertz CT molecular complexity index is 2390. The minimum atomic E-state index is 0.714. The molecule has 3 nitrogen and oxygen atoms in total. The molecular weight excluding hydrogens is 476 g/mol. The van der Waals surface area contributed by atoms with Gasteiger partial charge in [-0.25, -0.2) is 9.97 Å². The van der Waals surface area contributed by atoms with Crippen LogP contribution in [0.1, 0.15) is 0 Å². The first-order chi connectivity index (χ1) is 19.3. The number of furan rings is 1. The van der Waals surface area contributed by atoms with Crippen molar-refractivity contribution < 1.29 is 4.42 Å². The number of hydrogen-bond acceptors (Lipinski definition) is 3. The Kier molecular flexibility index (Phi) is 4.05. The Morgan fingerprint density at radius 2 is 1.10 bits per heavy atom. The number of hydrogen-bond donors (Lipinski definition) is 0. The third-order valence-corrected chi connectivity index (χ3v) is 8.02. The number of rotatable bonds is 2. The van der Waals surface area contributed by atoms with Crippen molar-refractivity contribution in [3.8, 4) is 22.6 Å². The normalized spacial score (nSPS) is 12.1.